The highest BCUT2D eigenvalue weighted by molar-refractivity contribution is 14.1. The number of rotatable bonds is 10. The minimum absolute atomic E-state index is 0.0567. The maximum absolute atomic E-state index is 12.4. The number of hydrogen-bond donors (Lipinski definition) is 2. The molecule has 1 aromatic carbocycles. The van der Waals surface area contributed by atoms with Gasteiger partial charge in [-0.05, 0) is 62.5 Å². The largest absolute Gasteiger partial charge is 0.416 e. The van der Waals surface area contributed by atoms with Crippen LogP contribution >= 0.6 is 21.2 Å². The first-order valence-corrected chi connectivity index (χ1v) is 13.0. The van der Waals surface area contributed by atoms with E-state index in [0.29, 0.717) is 28.6 Å². The average molecular weight is 576 g/mol. The molecule has 1 aliphatic rings. The molecule has 0 bridgehead atoms. The summed E-state index contributed by atoms with van der Waals surface area (Å²) in [6, 6.07) is 5.15. The zero-order chi connectivity index (χ0) is 24.7. The second-order valence-corrected chi connectivity index (χ2v) is 9.40. The van der Waals surface area contributed by atoms with Crippen LogP contribution in [0.3, 0.4) is 0 Å². The molecule has 1 aromatic rings. The number of alkyl halides is 4. The van der Waals surface area contributed by atoms with Crippen LogP contribution in [0.15, 0.2) is 72.4 Å². The molecule has 8 heteroatoms. The van der Waals surface area contributed by atoms with E-state index in [4.69, 9.17) is 0 Å². The molecule has 0 aliphatic heterocycles. The van der Waals surface area contributed by atoms with Crippen molar-refractivity contribution in [2.45, 2.75) is 43.7 Å². The summed E-state index contributed by atoms with van der Waals surface area (Å²) in [5, 5.41) is 5.68. The summed E-state index contributed by atoms with van der Waals surface area (Å²) in [4.78, 5) is 11.2. The van der Waals surface area contributed by atoms with E-state index in [1.54, 1.807) is 12.1 Å². The Morgan fingerprint density at radius 3 is 2.55 bits per heavy atom. The average Bonchev–Trinajstić information content (AvgIpc) is 3.56. The van der Waals surface area contributed by atoms with E-state index < -0.39 is 32.9 Å². The Kier molecular flexibility index (Phi) is 13.6. The van der Waals surface area contributed by atoms with Crippen molar-refractivity contribution in [1.82, 2.24) is 5.32 Å². The summed E-state index contributed by atoms with van der Waals surface area (Å²) in [7, 11) is 0. The van der Waals surface area contributed by atoms with Gasteiger partial charge in [-0.1, -0.05) is 43.4 Å². The van der Waals surface area contributed by atoms with Crippen LogP contribution in [0, 0.1) is 5.92 Å². The Morgan fingerprint density at radius 2 is 1.97 bits per heavy atom. The molecule has 33 heavy (non-hydrogen) atoms. The van der Waals surface area contributed by atoms with Gasteiger partial charge in [-0.2, -0.15) is 13.2 Å². The lowest BCUT2D eigenvalue weighted by atomic mass is 10.2. The molecule has 0 heterocycles. The maximum Gasteiger partial charge on any atom is 0.416 e. The molecular weight excluding hydrogens is 544 g/mol. The van der Waals surface area contributed by atoms with Crippen molar-refractivity contribution in [3.8, 4) is 0 Å². The molecule has 0 radical (unpaired) electrons. The first-order valence-electron chi connectivity index (χ1n) is 10.9. The number of carbonyl (C=O) groups is 1. The van der Waals surface area contributed by atoms with Gasteiger partial charge in [0.1, 0.15) is 21.2 Å². The first-order chi connectivity index (χ1) is 15.7. The fourth-order valence-corrected chi connectivity index (χ4v) is 4.15. The molecule has 2 atom stereocenters. The fraction of sp³-hybridized carbons (Fsp3) is 0.400. The van der Waals surface area contributed by atoms with Crippen LogP contribution in [0.1, 0.15) is 39.2 Å². The highest BCUT2D eigenvalue weighted by Gasteiger charge is 2.37. The van der Waals surface area contributed by atoms with Gasteiger partial charge in [0, 0.05) is 28.8 Å². The predicted molar refractivity (Wildman–Crippen MR) is 137 cm³/mol. The van der Waals surface area contributed by atoms with E-state index in [2.05, 4.69) is 23.6 Å². The maximum atomic E-state index is 12.4. The van der Waals surface area contributed by atoms with Crippen LogP contribution in [0.2, 0.25) is 0 Å². The van der Waals surface area contributed by atoms with Gasteiger partial charge in [0.15, 0.2) is 0 Å². The summed E-state index contributed by atoms with van der Waals surface area (Å²) in [6.07, 6.45) is 11.0. The summed E-state index contributed by atoms with van der Waals surface area (Å²) < 4.78 is 48.2. The first kappa shape index (κ1) is 28.8. The highest BCUT2D eigenvalue weighted by Crippen LogP contribution is 2.41. The second kappa shape index (κ2) is 15.6. The number of anilines is 1. The molecule has 1 amide bonds. The van der Waals surface area contributed by atoms with Crippen molar-refractivity contribution in [3.63, 3.8) is 0 Å². The summed E-state index contributed by atoms with van der Waals surface area (Å²) in [5.41, 5.74) is 0.840. The van der Waals surface area contributed by atoms with Crippen LogP contribution in [-0.4, -0.2) is 22.9 Å². The summed E-state index contributed by atoms with van der Waals surface area (Å²) in [5.74, 6) is 0.314. The summed E-state index contributed by atoms with van der Waals surface area (Å²) in [6.45, 7) is 7.21. The van der Waals surface area contributed by atoms with Gasteiger partial charge in [-0.25, -0.2) is 0 Å². The lowest BCUT2D eigenvalue weighted by Crippen LogP contribution is -2.19. The normalized spacial score (nSPS) is 18.4. The van der Waals surface area contributed by atoms with Gasteiger partial charge in [0.05, 0.1) is 5.56 Å². The van der Waals surface area contributed by atoms with Gasteiger partial charge in [-0.3, -0.25) is 7.86 Å². The number of halogens is 4. The topological polar surface area (TPSA) is 58.2 Å². The molecule has 1 aliphatic carbocycles. The fourth-order valence-electron chi connectivity index (χ4n) is 2.62. The number of carbonyl (C=O) groups excluding carboxylic acids is 1. The zero-order valence-electron chi connectivity index (χ0n) is 19.2. The van der Waals surface area contributed by atoms with Crippen molar-refractivity contribution >= 4 is 32.8 Å². The Balaban J connectivity index is 0.000000331. The number of nitrogens with one attached hydrogen (secondary N) is 2. The SMILES string of the molecule is C\C=C/C=C(\C=C\CC)/C=C/C(=O)NCC.O=IC1CC1CNc1cccc(C(F)(F)F)c1. The van der Waals surface area contributed by atoms with E-state index in [9.17, 15) is 21.0 Å². The number of benzene rings is 1. The Labute approximate surface area is 204 Å². The van der Waals surface area contributed by atoms with Crippen molar-refractivity contribution in [3.05, 3.63) is 77.9 Å². The van der Waals surface area contributed by atoms with Gasteiger partial charge in [-0.15, -0.1) is 0 Å². The standard InChI is InChI=1S/C14H21NO.C11H11F3INO/c1-4-7-9-13(10-8-5-2)11-12-14(16)15-6-3;12-11(13,14)8-2-1-3-9(5-8)16-6-7-4-10(7)15-17/h4,7-12H,5-6H2,1-3H3,(H,15,16);1-3,5,7,10,16H,4,6H2/b7-4-,10-8+,12-11+,13-9+;. The highest BCUT2D eigenvalue weighted by atomic mass is 127. The van der Waals surface area contributed by atoms with E-state index in [1.165, 1.54) is 6.07 Å². The minimum atomic E-state index is -4.31. The van der Waals surface area contributed by atoms with E-state index in [1.807, 2.05) is 44.2 Å². The molecule has 2 rings (SSSR count). The third-order valence-corrected chi connectivity index (χ3v) is 6.69. The molecular formula is C25H32F3IN2O2. The summed E-state index contributed by atoms with van der Waals surface area (Å²) >= 11 is -0.959. The van der Waals surface area contributed by atoms with Gasteiger partial charge in [0.25, 0.3) is 0 Å². The molecule has 1 saturated carbocycles. The number of hydrogen-bond acceptors (Lipinski definition) is 3. The lowest BCUT2D eigenvalue weighted by Gasteiger charge is -2.10. The van der Waals surface area contributed by atoms with Crippen molar-refractivity contribution in [2.75, 3.05) is 18.4 Å². The molecule has 0 saturated heterocycles. The zero-order valence-corrected chi connectivity index (χ0v) is 21.3. The molecule has 4 nitrogen and oxygen atoms in total. The van der Waals surface area contributed by atoms with Crippen LogP contribution < -0.4 is 10.6 Å². The monoisotopic (exact) mass is 576 g/mol. The molecule has 182 valence electrons. The van der Waals surface area contributed by atoms with Gasteiger partial charge >= 0.3 is 6.18 Å². The van der Waals surface area contributed by atoms with Crippen molar-refractivity contribution in [1.29, 1.82) is 0 Å². The van der Waals surface area contributed by atoms with Gasteiger partial charge in [0.2, 0.25) is 5.91 Å². The predicted octanol–water partition coefficient (Wildman–Crippen LogP) is 6.97. The van der Waals surface area contributed by atoms with E-state index in [0.717, 1.165) is 30.5 Å². The Morgan fingerprint density at radius 1 is 1.21 bits per heavy atom. The Bertz CT molecular complexity index is 877. The molecule has 0 spiro atoms. The van der Waals surface area contributed by atoms with E-state index >= 15 is 0 Å². The molecule has 2 unspecified atom stereocenters. The quantitative estimate of drug-likeness (QED) is 0.137. The molecule has 0 aromatic heterocycles. The van der Waals surface area contributed by atoms with Crippen LogP contribution in [0.5, 0.6) is 0 Å². The lowest BCUT2D eigenvalue weighted by molar-refractivity contribution is -0.137. The molecule has 2 N–H and O–H groups in total. The smallest absolute Gasteiger partial charge is 0.385 e. The van der Waals surface area contributed by atoms with Crippen LogP contribution in [0.25, 0.3) is 0 Å². The second-order valence-electron chi connectivity index (χ2n) is 7.29. The third kappa shape index (κ3) is 12.6. The number of amides is 1. The number of likely N-dealkylation sites (N-methyl/N-ethyl adjacent to an activating group) is 1. The number of allylic oxidation sites excluding steroid dienone is 7. The van der Waals surface area contributed by atoms with Crippen LogP contribution in [-0.2, 0) is 14.0 Å². The van der Waals surface area contributed by atoms with Crippen molar-refractivity contribution < 1.29 is 21.0 Å². The van der Waals surface area contributed by atoms with Crippen molar-refractivity contribution in [2.24, 2.45) is 5.92 Å². The Hall–Kier alpha value is -2.23. The third-order valence-electron chi connectivity index (χ3n) is 4.51. The van der Waals surface area contributed by atoms with Gasteiger partial charge < -0.3 is 10.6 Å². The minimum Gasteiger partial charge on any atom is -0.385 e. The molecule has 1 fully saturated rings. The van der Waals surface area contributed by atoms with Crippen LogP contribution in [0.4, 0.5) is 18.9 Å². The van der Waals surface area contributed by atoms with E-state index in [-0.39, 0.29) is 5.91 Å².